The second-order valence-corrected chi connectivity index (χ2v) is 14.9. The minimum absolute atomic E-state index is 0.905. The van der Waals surface area contributed by atoms with Gasteiger partial charge in [0, 0.05) is 27.7 Å². The fraction of sp³-hybridized carbons (Fsp3) is 0. The van der Waals surface area contributed by atoms with E-state index in [1.54, 1.807) is 0 Å². The van der Waals surface area contributed by atoms with E-state index in [1.807, 2.05) is 12.1 Å². The summed E-state index contributed by atoms with van der Waals surface area (Å²) in [5.41, 5.74) is 14.6. The molecule has 0 aliphatic rings. The van der Waals surface area contributed by atoms with Gasteiger partial charge in [0.1, 0.15) is 11.2 Å². The number of rotatable bonds is 7. The predicted octanol–water partition coefficient (Wildman–Crippen LogP) is 16.0. The fourth-order valence-electron chi connectivity index (χ4n) is 8.63. The van der Waals surface area contributed by atoms with Crippen molar-refractivity contribution in [1.29, 1.82) is 0 Å². The topological polar surface area (TPSA) is 16.4 Å². The van der Waals surface area contributed by atoms with Crippen molar-refractivity contribution in [3.8, 4) is 44.5 Å². The molecule has 11 rings (SSSR count). The van der Waals surface area contributed by atoms with E-state index in [2.05, 4.69) is 217 Å². The van der Waals surface area contributed by atoms with Crippen LogP contribution in [-0.4, -0.2) is 0 Å². The summed E-state index contributed by atoms with van der Waals surface area (Å²) >= 11 is 0. The molecule has 0 aliphatic carbocycles. The maximum absolute atomic E-state index is 6.30. The molecule has 0 saturated carbocycles. The molecule has 0 amide bonds. The zero-order valence-electron chi connectivity index (χ0n) is 31.7. The monoisotopic (exact) mass is 739 g/mol. The first kappa shape index (κ1) is 33.6. The van der Waals surface area contributed by atoms with E-state index in [0.29, 0.717) is 0 Å². The highest BCUT2D eigenvalue weighted by Crippen LogP contribution is 2.45. The Labute approximate surface area is 337 Å². The SMILES string of the molecule is c1ccc(-c2ccc(N(c3ccc(-c4cccc(-c5cccc6ccccc56)c4)cc3)c3ccccc3-c3cccc4cc5oc6ccccc6c5cc34)cc2)cc1. The first-order valence-corrected chi connectivity index (χ1v) is 19.8. The van der Waals surface area contributed by atoms with E-state index in [9.17, 15) is 0 Å². The standard InChI is InChI=1S/C56H37NO/c1-2-13-38(14-3-1)39-27-31-45(32-28-39)57(46-33-29-40(30-34-46)42-17-10-18-43(35-42)48-23-11-16-41-15-4-5-20-47(41)48)54-25-8-6-21-50(54)49-24-12-19-44-36-56-53(37-52(44)49)51-22-7-9-26-55(51)58-56/h1-37H. The lowest BCUT2D eigenvalue weighted by atomic mass is 9.94. The molecule has 0 aliphatic heterocycles. The summed E-state index contributed by atoms with van der Waals surface area (Å²) < 4.78 is 6.30. The molecule has 0 radical (unpaired) electrons. The van der Waals surface area contributed by atoms with Crippen LogP contribution < -0.4 is 4.90 Å². The summed E-state index contributed by atoms with van der Waals surface area (Å²) in [6.45, 7) is 0. The number of hydrogen-bond acceptors (Lipinski definition) is 2. The maximum atomic E-state index is 6.30. The molecule has 0 atom stereocenters. The fourth-order valence-corrected chi connectivity index (χ4v) is 8.63. The maximum Gasteiger partial charge on any atom is 0.136 e. The normalized spacial score (nSPS) is 11.4. The predicted molar refractivity (Wildman–Crippen MR) is 245 cm³/mol. The average Bonchev–Trinajstić information content (AvgIpc) is 3.66. The lowest BCUT2D eigenvalue weighted by Crippen LogP contribution is -2.11. The van der Waals surface area contributed by atoms with Crippen LogP contribution in [0.3, 0.4) is 0 Å². The van der Waals surface area contributed by atoms with Gasteiger partial charge < -0.3 is 9.32 Å². The highest BCUT2D eigenvalue weighted by atomic mass is 16.3. The Morgan fingerprint density at radius 1 is 0.276 bits per heavy atom. The van der Waals surface area contributed by atoms with E-state index in [4.69, 9.17) is 4.42 Å². The minimum atomic E-state index is 0.905. The van der Waals surface area contributed by atoms with Gasteiger partial charge >= 0.3 is 0 Å². The molecule has 1 aromatic heterocycles. The second kappa shape index (κ2) is 14.1. The van der Waals surface area contributed by atoms with Crippen LogP contribution in [0.5, 0.6) is 0 Å². The highest BCUT2D eigenvalue weighted by Gasteiger charge is 2.20. The number of hydrogen-bond donors (Lipinski definition) is 0. The Morgan fingerprint density at radius 3 is 1.64 bits per heavy atom. The van der Waals surface area contributed by atoms with E-state index >= 15 is 0 Å². The van der Waals surface area contributed by atoms with Crippen molar-refractivity contribution in [3.63, 3.8) is 0 Å². The van der Waals surface area contributed by atoms with Crippen LogP contribution in [0.15, 0.2) is 229 Å². The van der Waals surface area contributed by atoms with Crippen LogP contribution in [0.25, 0.3) is 88.0 Å². The summed E-state index contributed by atoms with van der Waals surface area (Å²) in [4.78, 5) is 2.39. The molecule has 58 heavy (non-hydrogen) atoms. The van der Waals surface area contributed by atoms with Crippen LogP contribution in [0.2, 0.25) is 0 Å². The molecule has 0 unspecified atom stereocenters. The first-order chi connectivity index (χ1) is 28.7. The number of nitrogens with zero attached hydrogens (tertiary/aromatic N) is 1. The molecule has 2 nitrogen and oxygen atoms in total. The van der Waals surface area contributed by atoms with E-state index in [-0.39, 0.29) is 0 Å². The second-order valence-electron chi connectivity index (χ2n) is 14.9. The highest BCUT2D eigenvalue weighted by molar-refractivity contribution is 6.13. The number of para-hydroxylation sites is 2. The summed E-state index contributed by atoms with van der Waals surface area (Å²) in [6.07, 6.45) is 0. The van der Waals surface area contributed by atoms with Crippen LogP contribution in [-0.2, 0) is 0 Å². The van der Waals surface area contributed by atoms with Crippen LogP contribution in [0, 0.1) is 0 Å². The molecule has 0 fully saturated rings. The average molecular weight is 740 g/mol. The Morgan fingerprint density at radius 2 is 0.828 bits per heavy atom. The third-order valence-electron chi connectivity index (χ3n) is 11.5. The summed E-state index contributed by atoms with van der Waals surface area (Å²) in [5.74, 6) is 0. The summed E-state index contributed by atoms with van der Waals surface area (Å²) in [7, 11) is 0. The molecule has 0 N–H and O–H groups in total. The van der Waals surface area contributed by atoms with Gasteiger partial charge in [-0.2, -0.15) is 0 Å². The Hall–Kier alpha value is -7.68. The molecular weight excluding hydrogens is 703 g/mol. The Balaban J connectivity index is 1.04. The number of furan rings is 1. The molecule has 272 valence electrons. The molecule has 11 aromatic rings. The lowest BCUT2D eigenvalue weighted by Gasteiger charge is -2.28. The zero-order valence-corrected chi connectivity index (χ0v) is 31.7. The van der Waals surface area contributed by atoms with Crippen molar-refractivity contribution in [2.45, 2.75) is 0 Å². The van der Waals surface area contributed by atoms with Gasteiger partial charge in [-0.05, 0) is 115 Å². The molecule has 1 heterocycles. The number of fused-ring (bicyclic) bond motifs is 5. The van der Waals surface area contributed by atoms with Crippen molar-refractivity contribution in [2.24, 2.45) is 0 Å². The zero-order chi connectivity index (χ0) is 38.4. The van der Waals surface area contributed by atoms with Gasteiger partial charge in [0.05, 0.1) is 5.69 Å². The smallest absolute Gasteiger partial charge is 0.136 e. The van der Waals surface area contributed by atoms with E-state index in [1.165, 1.54) is 55.1 Å². The Bertz CT molecular complexity index is 3260. The quantitative estimate of drug-likeness (QED) is 0.162. The van der Waals surface area contributed by atoms with Gasteiger partial charge in [-0.15, -0.1) is 0 Å². The first-order valence-electron chi connectivity index (χ1n) is 19.8. The molecule has 0 saturated heterocycles. The van der Waals surface area contributed by atoms with Gasteiger partial charge in [-0.25, -0.2) is 0 Å². The van der Waals surface area contributed by atoms with E-state index in [0.717, 1.165) is 50.0 Å². The molecular formula is C56H37NO. The van der Waals surface area contributed by atoms with Gasteiger partial charge in [0.2, 0.25) is 0 Å². The minimum Gasteiger partial charge on any atom is -0.456 e. The lowest BCUT2D eigenvalue weighted by molar-refractivity contribution is 0.669. The van der Waals surface area contributed by atoms with Gasteiger partial charge in [-0.1, -0.05) is 170 Å². The molecule has 2 heteroatoms. The van der Waals surface area contributed by atoms with Crippen molar-refractivity contribution in [3.05, 3.63) is 224 Å². The van der Waals surface area contributed by atoms with Gasteiger partial charge in [0.25, 0.3) is 0 Å². The van der Waals surface area contributed by atoms with Crippen molar-refractivity contribution < 1.29 is 4.42 Å². The molecule has 0 spiro atoms. The number of benzene rings is 10. The molecule has 10 aromatic carbocycles. The largest absolute Gasteiger partial charge is 0.456 e. The number of anilines is 3. The van der Waals surface area contributed by atoms with Crippen molar-refractivity contribution in [1.82, 2.24) is 0 Å². The van der Waals surface area contributed by atoms with Gasteiger partial charge in [-0.3, -0.25) is 0 Å². The summed E-state index contributed by atoms with van der Waals surface area (Å²) in [5, 5.41) is 7.10. The van der Waals surface area contributed by atoms with Crippen LogP contribution in [0.4, 0.5) is 17.1 Å². The third-order valence-corrected chi connectivity index (χ3v) is 11.5. The Kier molecular flexibility index (Phi) is 8.19. The van der Waals surface area contributed by atoms with Crippen molar-refractivity contribution >= 4 is 60.5 Å². The van der Waals surface area contributed by atoms with E-state index < -0.39 is 0 Å². The van der Waals surface area contributed by atoms with Crippen LogP contribution in [0.1, 0.15) is 0 Å². The van der Waals surface area contributed by atoms with Crippen LogP contribution >= 0.6 is 0 Å². The van der Waals surface area contributed by atoms with Gasteiger partial charge in [0.15, 0.2) is 0 Å². The summed E-state index contributed by atoms with van der Waals surface area (Å²) in [6, 6.07) is 80.8. The van der Waals surface area contributed by atoms with Crippen molar-refractivity contribution in [2.75, 3.05) is 4.90 Å². The molecule has 0 bridgehead atoms. The third kappa shape index (κ3) is 5.91.